The Bertz CT molecular complexity index is 898. The highest BCUT2D eigenvalue weighted by molar-refractivity contribution is 7.13. The SMILES string of the molecule is Cc1csc(NN=Cc2cc(Cl)ccc2OCc2ccccc2F)n1. The van der Waals surface area contributed by atoms with Crippen molar-refractivity contribution in [1.82, 2.24) is 4.98 Å². The molecule has 25 heavy (non-hydrogen) atoms. The van der Waals surface area contributed by atoms with E-state index in [0.717, 1.165) is 5.69 Å². The third kappa shape index (κ3) is 4.78. The molecule has 0 aliphatic rings. The monoisotopic (exact) mass is 375 g/mol. The number of hydrogen-bond acceptors (Lipinski definition) is 5. The Hall–Kier alpha value is -2.44. The van der Waals surface area contributed by atoms with Crippen molar-refractivity contribution in [2.45, 2.75) is 13.5 Å². The van der Waals surface area contributed by atoms with Gasteiger partial charge in [-0.05, 0) is 31.2 Å². The van der Waals surface area contributed by atoms with Crippen LogP contribution in [0.15, 0.2) is 52.9 Å². The van der Waals surface area contributed by atoms with E-state index in [9.17, 15) is 4.39 Å². The second-order valence-electron chi connectivity index (χ2n) is 5.23. The van der Waals surface area contributed by atoms with Gasteiger partial charge in [0, 0.05) is 21.5 Å². The third-order valence-electron chi connectivity index (χ3n) is 3.30. The number of anilines is 1. The number of hydrazone groups is 1. The largest absolute Gasteiger partial charge is 0.488 e. The standard InChI is InChI=1S/C18H15ClFN3OS/c1-12-11-25-18(22-12)23-21-9-14-8-15(19)6-7-17(14)24-10-13-4-2-3-5-16(13)20/h2-9,11H,10H2,1H3,(H,22,23). The van der Waals surface area contributed by atoms with E-state index in [4.69, 9.17) is 16.3 Å². The zero-order chi connectivity index (χ0) is 17.6. The molecule has 0 aliphatic carbocycles. The fraction of sp³-hybridized carbons (Fsp3) is 0.111. The van der Waals surface area contributed by atoms with Crippen LogP contribution in [-0.2, 0) is 6.61 Å². The number of ether oxygens (including phenoxy) is 1. The lowest BCUT2D eigenvalue weighted by molar-refractivity contribution is 0.299. The van der Waals surface area contributed by atoms with Crippen LogP contribution in [0.1, 0.15) is 16.8 Å². The summed E-state index contributed by atoms with van der Waals surface area (Å²) in [6, 6.07) is 11.7. The van der Waals surface area contributed by atoms with Crippen LogP contribution in [0.5, 0.6) is 5.75 Å². The first-order valence-electron chi connectivity index (χ1n) is 7.49. The van der Waals surface area contributed by atoms with E-state index < -0.39 is 0 Å². The first kappa shape index (κ1) is 17.4. The molecule has 0 fully saturated rings. The van der Waals surface area contributed by atoms with Crippen molar-refractivity contribution in [1.29, 1.82) is 0 Å². The Morgan fingerprint density at radius 3 is 2.92 bits per heavy atom. The molecule has 7 heteroatoms. The molecule has 3 rings (SSSR count). The molecule has 0 spiro atoms. The molecule has 0 bridgehead atoms. The first-order chi connectivity index (χ1) is 12.1. The van der Waals surface area contributed by atoms with Crippen LogP contribution >= 0.6 is 22.9 Å². The number of aromatic nitrogens is 1. The molecule has 1 aromatic heterocycles. The van der Waals surface area contributed by atoms with E-state index >= 15 is 0 Å². The lowest BCUT2D eigenvalue weighted by atomic mass is 10.2. The second kappa shape index (κ2) is 8.09. The van der Waals surface area contributed by atoms with Gasteiger partial charge in [0.15, 0.2) is 0 Å². The van der Waals surface area contributed by atoms with Crippen molar-refractivity contribution in [2.24, 2.45) is 5.10 Å². The second-order valence-corrected chi connectivity index (χ2v) is 6.52. The lowest BCUT2D eigenvalue weighted by Crippen LogP contribution is -2.01. The maximum Gasteiger partial charge on any atom is 0.203 e. The average molecular weight is 376 g/mol. The lowest BCUT2D eigenvalue weighted by Gasteiger charge is -2.10. The van der Waals surface area contributed by atoms with Gasteiger partial charge in [0.25, 0.3) is 0 Å². The van der Waals surface area contributed by atoms with Gasteiger partial charge >= 0.3 is 0 Å². The summed E-state index contributed by atoms with van der Waals surface area (Å²) in [7, 11) is 0. The molecule has 1 heterocycles. The fourth-order valence-electron chi connectivity index (χ4n) is 2.08. The van der Waals surface area contributed by atoms with Gasteiger partial charge in [0.1, 0.15) is 18.2 Å². The molecule has 128 valence electrons. The quantitative estimate of drug-likeness (QED) is 0.471. The minimum absolute atomic E-state index is 0.119. The van der Waals surface area contributed by atoms with E-state index in [0.29, 0.717) is 27.0 Å². The van der Waals surface area contributed by atoms with Gasteiger partial charge in [-0.1, -0.05) is 29.8 Å². The zero-order valence-corrected chi connectivity index (χ0v) is 14.9. The summed E-state index contributed by atoms with van der Waals surface area (Å²) in [4.78, 5) is 4.26. The van der Waals surface area contributed by atoms with Gasteiger partial charge in [0.05, 0.1) is 11.9 Å². The number of halogens is 2. The molecule has 4 nitrogen and oxygen atoms in total. The van der Waals surface area contributed by atoms with Crippen molar-refractivity contribution < 1.29 is 9.13 Å². The number of aryl methyl sites for hydroxylation is 1. The Morgan fingerprint density at radius 2 is 2.16 bits per heavy atom. The summed E-state index contributed by atoms with van der Waals surface area (Å²) < 4.78 is 19.4. The van der Waals surface area contributed by atoms with Crippen LogP contribution in [0.2, 0.25) is 5.02 Å². The maximum atomic E-state index is 13.7. The molecular weight excluding hydrogens is 361 g/mol. The van der Waals surface area contributed by atoms with E-state index in [2.05, 4.69) is 15.5 Å². The topological polar surface area (TPSA) is 46.5 Å². The number of nitrogens with zero attached hydrogens (tertiary/aromatic N) is 2. The Labute approximate surface area is 153 Å². The van der Waals surface area contributed by atoms with E-state index in [-0.39, 0.29) is 12.4 Å². The van der Waals surface area contributed by atoms with Crippen molar-refractivity contribution in [3.8, 4) is 5.75 Å². The van der Waals surface area contributed by atoms with Crippen molar-refractivity contribution in [3.05, 3.63) is 75.5 Å². The Kier molecular flexibility index (Phi) is 5.63. The van der Waals surface area contributed by atoms with Crippen LogP contribution < -0.4 is 10.2 Å². The number of rotatable bonds is 6. The van der Waals surface area contributed by atoms with Crippen LogP contribution in [0.25, 0.3) is 0 Å². The molecule has 0 unspecified atom stereocenters. The van der Waals surface area contributed by atoms with Crippen LogP contribution in [0.4, 0.5) is 9.52 Å². The predicted octanol–water partition coefficient (Wildman–Crippen LogP) is 5.27. The van der Waals surface area contributed by atoms with Gasteiger partial charge < -0.3 is 4.74 Å². The molecule has 0 saturated carbocycles. The fourth-order valence-corrected chi connectivity index (χ4v) is 2.90. The zero-order valence-electron chi connectivity index (χ0n) is 13.4. The van der Waals surface area contributed by atoms with E-state index in [1.165, 1.54) is 17.4 Å². The summed E-state index contributed by atoms with van der Waals surface area (Å²) in [6.07, 6.45) is 1.60. The van der Waals surface area contributed by atoms with Gasteiger partial charge in [-0.25, -0.2) is 9.37 Å². The molecule has 0 atom stereocenters. The normalized spacial score (nSPS) is 11.0. The first-order valence-corrected chi connectivity index (χ1v) is 8.74. The Morgan fingerprint density at radius 1 is 1.32 bits per heavy atom. The molecule has 0 amide bonds. The molecule has 0 aliphatic heterocycles. The van der Waals surface area contributed by atoms with Crippen molar-refractivity contribution in [3.63, 3.8) is 0 Å². The van der Waals surface area contributed by atoms with Crippen LogP contribution in [-0.4, -0.2) is 11.2 Å². The van der Waals surface area contributed by atoms with Gasteiger partial charge in [-0.3, -0.25) is 5.43 Å². The average Bonchev–Trinajstić information content (AvgIpc) is 3.01. The van der Waals surface area contributed by atoms with Gasteiger partial charge in [-0.15, -0.1) is 11.3 Å². The number of nitrogens with one attached hydrogen (secondary N) is 1. The molecule has 0 saturated heterocycles. The minimum atomic E-state index is -0.299. The summed E-state index contributed by atoms with van der Waals surface area (Å²) in [5.41, 5.74) is 4.96. The molecule has 0 radical (unpaired) electrons. The molecule has 2 aromatic carbocycles. The predicted molar refractivity (Wildman–Crippen MR) is 100 cm³/mol. The van der Waals surface area contributed by atoms with E-state index in [1.54, 1.807) is 42.6 Å². The highest BCUT2D eigenvalue weighted by atomic mass is 35.5. The maximum absolute atomic E-state index is 13.7. The number of thiazole rings is 1. The summed E-state index contributed by atoms with van der Waals surface area (Å²) in [5.74, 6) is 0.265. The summed E-state index contributed by atoms with van der Waals surface area (Å²) in [6.45, 7) is 2.03. The third-order valence-corrected chi connectivity index (χ3v) is 4.40. The highest BCUT2D eigenvalue weighted by Crippen LogP contribution is 2.23. The Balaban J connectivity index is 1.72. The van der Waals surface area contributed by atoms with E-state index in [1.807, 2.05) is 12.3 Å². The van der Waals surface area contributed by atoms with Crippen LogP contribution in [0.3, 0.4) is 0 Å². The highest BCUT2D eigenvalue weighted by Gasteiger charge is 2.06. The van der Waals surface area contributed by atoms with Gasteiger partial charge in [0.2, 0.25) is 5.13 Å². The van der Waals surface area contributed by atoms with Gasteiger partial charge in [-0.2, -0.15) is 5.10 Å². The molecule has 3 aromatic rings. The summed E-state index contributed by atoms with van der Waals surface area (Å²) in [5, 5.41) is 7.35. The summed E-state index contributed by atoms with van der Waals surface area (Å²) >= 11 is 7.52. The van der Waals surface area contributed by atoms with Crippen molar-refractivity contribution >= 4 is 34.3 Å². The van der Waals surface area contributed by atoms with Crippen molar-refractivity contribution in [2.75, 3.05) is 5.43 Å². The number of hydrogen-bond donors (Lipinski definition) is 1. The number of benzene rings is 2. The molecular formula is C18H15ClFN3OS. The minimum Gasteiger partial charge on any atom is -0.488 e. The van der Waals surface area contributed by atoms with Crippen LogP contribution in [0, 0.1) is 12.7 Å². The smallest absolute Gasteiger partial charge is 0.203 e. The molecule has 1 N–H and O–H groups in total.